The minimum absolute atomic E-state index is 0.536. The first-order chi connectivity index (χ1) is 10.3. The molecule has 21 heavy (non-hydrogen) atoms. The van der Waals surface area contributed by atoms with Gasteiger partial charge in [0.1, 0.15) is 11.0 Å². The third kappa shape index (κ3) is 4.84. The molecule has 0 aliphatic rings. The highest BCUT2D eigenvalue weighted by Gasteiger charge is 2.12. The van der Waals surface area contributed by atoms with Gasteiger partial charge in [0, 0.05) is 10.8 Å². The van der Waals surface area contributed by atoms with Crippen LogP contribution < -0.4 is 9.47 Å². The molecule has 0 unspecified atom stereocenters. The number of thiophene rings is 1. The summed E-state index contributed by atoms with van der Waals surface area (Å²) >= 11 is 1.60. The number of hydrogen-bond acceptors (Lipinski definition) is 5. The van der Waals surface area contributed by atoms with E-state index in [0.29, 0.717) is 25.0 Å². The first-order valence-electron chi connectivity index (χ1n) is 7.84. The van der Waals surface area contributed by atoms with Crippen molar-refractivity contribution >= 4 is 22.4 Å². The summed E-state index contributed by atoms with van der Waals surface area (Å²) in [5.74, 6) is 1.07. The van der Waals surface area contributed by atoms with Gasteiger partial charge in [-0.2, -0.15) is 0 Å². The lowest BCUT2D eigenvalue weighted by molar-refractivity contribution is 0.245. The quantitative estimate of drug-likeness (QED) is 0.590. The van der Waals surface area contributed by atoms with Gasteiger partial charge in [0.15, 0.2) is 0 Å². The number of rotatable bonds is 10. The van der Waals surface area contributed by atoms with Crippen molar-refractivity contribution in [1.82, 2.24) is 9.97 Å². The Balaban J connectivity index is 2.03. The Labute approximate surface area is 130 Å². The predicted octanol–water partition coefficient (Wildman–Crippen LogP) is 4.83. The molecule has 0 atom stereocenters. The maximum Gasteiger partial charge on any atom is 0.278 e. The number of hydrogen-bond donors (Lipinski definition) is 0. The molecule has 0 spiro atoms. The molecule has 5 heteroatoms. The van der Waals surface area contributed by atoms with Gasteiger partial charge in [-0.1, -0.05) is 39.5 Å². The molecule has 0 N–H and O–H groups in total. The Kier molecular flexibility index (Phi) is 6.73. The molecule has 2 rings (SSSR count). The van der Waals surface area contributed by atoms with E-state index in [1.54, 1.807) is 11.3 Å². The van der Waals surface area contributed by atoms with Gasteiger partial charge in [0.2, 0.25) is 0 Å². The molecule has 2 aromatic heterocycles. The Bertz CT molecular complexity index is 496. The highest BCUT2D eigenvalue weighted by atomic mass is 32.1. The molecule has 0 aliphatic carbocycles. The molecule has 0 fully saturated rings. The van der Waals surface area contributed by atoms with Gasteiger partial charge in [-0.3, -0.25) is 0 Å². The van der Waals surface area contributed by atoms with E-state index in [9.17, 15) is 0 Å². The van der Waals surface area contributed by atoms with Crippen LogP contribution >= 0.6 is 11.3 Å². The zero-order chi connectivity index (χ0) is 14.9. The van der Waals surface area contributed by atoms with E-state index in [1.165, 1.54) is 25.7 Å². The van der Waals surface area contributed by atoms with E-state index in [-0.39, 0.29) is 0 Å². The lowest BCUT2D eigenvalue weighted by atomic mass is 10.3. The first kappa shape index (κ1) is 16.0. The summed E-state index contributed by atoms with van der Waals surface area (Å²) in [7, 11) is 0. The number of nitrogens with zero attached hydrogens (tertiary/aromatic N) is 2. The van der Waals surface area contributed by atoms with Gasteiger partial charge in [0.05, 0.1) is 13.2 Å². The number of fused-ring (bicyclic) bond motifs is 1. The number of ether oxygens (including phenoxy) is 2. The lowest BCUT2D eigenvalue weighted by Crippen LogP contribution is -2.05. The second-order valence-electron chi connectivity index (χ2n) is 5.09. The van der Waals surface area contributed by atoms with Crippen molar-refractivity contribution in [3.8, 4) is 11.8 Å². The summed E-state index contributed by atoms with van der Waals surface area (Å²) in [6, 6.07) is 0. The highest BCUT2D eigenvalue weighted by Crippen LogP contribution is 2.27. The van der Waals surface area contributed by atoms with Crippen molar-refractivity contribution in [2.45, 2.75) is 52.4 Å². The molecule has 0 bridgehead atoms. The molecule has 116 valence electrons. The molecule has 0 saturated carbocycles. The summed E-state index contributed by atoms with van der Waals surface area (Å²) in [5, 5.41) is 3.98. The predicted molar refractivity (Wildman–Crippen MR) is 87.5 cm³/mol. The lowest BCUT2D eigenvalue weighted by Gasteiger charge is -2.11. The number of aromatic nitrogens is 2. The van der Waals surface area contributed by atoms with Crippen molar-refractivity contribution in [2.75, 3.05) is 13.2 Å². The van der Waals surface area contributed by atoms with Crippen LogP contribution in [0.3, 0.4) is 0 Å². The standard InChI is InChI=1S/C16H24N2O2S/c1-3-5-7-9-19-15-16(20-10-8-6-4-2)18-14-12-21-11-13(14)17-15/h11-12H,3-10H2,1-2H3. The van der Waals surface area contributed by atoms with E-state index < -0.39 is 0 Å². The highest BCUT2D eigenvalue weighted by molar-refractivity contribution is 7.09. The molecule has 0 radical (unpaired) electrons. The van der Waals surface area contributed by atoms with Gasteiger partial charge in [-0.15, -0.1) is 11.3 Å². The summed E-state index contributed by atoms with van der Waals surface area (Å²) < 4.78 is 11.6. The van der Waals surface area contributed by atoms with E-state index in [2.05, 4.69) is 23.8 Å². The molecule has 2 aromatic rings. The fraction of sp³-hybridized carbons (Fsp3) is 0.625. The SMILES string of the molecule is CCCCCOc1nc2cscc2nc1OCCCCC. The van der Waals surface area contributed by atoms with Crippen LogP contribution in [0.25, 0.3) is 11.0 Å². The Hall–Kier alpha value is -1.36. The van der Waals surface area contributed by atoms with Crippen LogP contribution in [0, 0.1) is 0 Å². The first-order valence-corrected chi connectivity index (χ1v) is 8.79. The molecular weight excluding hydrogens is 284 g/mol. The Morgan fingerprint density at radius 1 is 0.810 bits per heavy atom. The third-order valence-corrected chi connectivity index (χ3v) is 3.94. The zero-order valence-electron chi connectivity index (χ0n) is 12.9. The topological polar surface area (TPSA) is 44.2 Å². The smallest absolute Gasteiger partial charge is 0.278 e. The Morgan fingerprint density at radius 2 is 1.29 bits per heavy atom. The van der Waals surface area contributed by atoms with Crippen molar-refractivity contribution in [3.05, 3.63) is 10.8 Å². The molecule has 0 aromatic carbocycles. The largest absolute Gasteiger partial charge is 0.474 e. The van der Waals surface area contributed by atoms with Gasteiger partial charge in [-0.05, 0) is 12.8 Å². The van der Waals surface area contributed by atoms with Gasteiger partial charge in [0.25, 0.3) is 11.8 Å². The van der Waals surface area contributed by atoms with Crippen LogP contribution in [-0.2, 0) is 0 Å². The van der Waals surface area contributed by atoms with Crippen LogP contribution in [0.2, 0.25) is 0 Å². The summed E-state index contributed by atoms with van der Waals surface area (Å²) in [5.41, 5.74) is 1.76. The second kappa shape index (κ2) is 8.82. The number of unbranched alkanes of at least 4 members (excludes halogenated alkanes) is 4. The van der Waals surface area contributed by atoms with Crippen LogP contribution in [0.15, 0.2) is 10.8 Å². The van der Waals surface area contributed by atoms with Crippen molar-refractivity contribution in [1.29, 1.82) is 0 Å². The van der Waals surface area contributed by atoms with Gasteiger partial charge < -0.3 is 9.47 Å². The molecule has 0 amide bonds. The van der Waals surface area contributed by atoms with E-state index >= 15 is 0 Å². The second-order valence-corrected chi connectivity index (χ2v) is 5.83. The third-order valence-electron chi connectivity index (χ3n) is 3.22. The summed E-state index contributed by atoms with van der Waals surface area (Å²) in [6.45, 7) is 5.70. The maximum absolute atomic E-state index is 5.78. The molecular formula is C16H24N2O2S. The molecule has 2 heterocycles. The van der Waals surface area contributed by atoms with Crippen molar-refractivity contribution < 1.29 is 9.47 Å². The Morgan fingerprint density at radius 3 is 1.71 bits per heavy atom. The minimum atomic E-state index is 0.536. The van der Waals surface area contributed by atoms with Crippen LogP contribution in [-0.4, -0.2) is 23.2 Å². The van der Waals surface area contributed by atoms with Crippen LogP contribution in [0.1, 0.15) is 52.4 Å². The summed E-state index contributed by atoms with van der Waals surface area (Å²) in [4.78, 5) is 9.06. The van der Waals surface area contributed by atoms with Gasteiger partial charge in [-0.25, -0.2) is 9.97 Å². The summed E-state index contributed by atoms with van der Waals surface area (Å²) in [6.07, 6.45) is 6.77. The van der Waals surface area contributed by atoms with E-state index in [4.69, 9.17) is 9.47 Å². The molecule has 0 saturated heterocycles. The van der Waals surface area contributed by atoms with Gasteiger partial charge >= 0.3 is 0 Å². The fourth-order valence-corrected chi connectivity index (χ4v) is 2.67. The monoisotopic (exact) mass is 308 g/mol. The van der Waals surface area contributed by atoms with Crippen molar-refractivity contribution in [3.63, 3.8) is 0 Å². The zero-order valence-corrected chi connectivity index (χ0v) is 13.7. The normalized spacial score (nSPS) is 11.0. The van der Waals surface area contributed by atoms with Crippen molar-refractivity contribution in [2.24, 2.45) is 0 Å². The van der Waals surface area contributed by atoms with Crippen LogP contribution in [0.4, 0.5) is 0 Å². The maximum atomic E-state index is 5.78. The minimum Gasteiger partial charge on any atom is -0.474 e. The average Bonchev–Trinajstić information content (AvgIpc) is 2.95. The molecule has 0 aliphatic heterocycles. The molecule has 4 nitrogen and oxygen atoms in total. The van der Waals surface area contributed by atoms with E-state index in [1.807, 2.05) is 10.8 Å². The average molecular weight is 308 g/mol. The van der Waals surface area contributed by atoms with E-state index in [0.717, 1.165) is 23.9 Å². The fourth-order valence-electron chi connectivity index (χ4n) is 2.00. The van der Waals surface area contributed by atoms with Crippen LogP contribution in [0.5, 0.6) is 11.8 Å².